The number of fused-ring (bicyclic) bond motifs is 1. The summed E-state index contributed by atoms with van der Waals surface area (Å²) in [4.78, 5) is 32.5. The summed E-state index contributed by atoms with van der Waals surface area (Å²) < 4.78 is 5.72. The summed E-state index contributed by atoms with van der Waals surface area (Å²) in [6.45, 7) is 4.99. The Morgan fingerprint density at radius 1 is 1.38 bits per heavy atom. The van der Waals surface area contributed by atoms with Gasteiger partial charge in [-0.25, -0.2) is 4.79 Å². The van der Waals surface area contributed by atoms with Crippen molar-refractivity contribution in [2.45, 2.75) is 39.8 Å². The van der Waals surface area contributed by atoms with Gasteiger partial charge in [-0.2, -0.15) is 4.98 Å². The fraction of sp³-hybridized carbons (Fsp3) is 0.421. The minimum atomic E-state index is -0.365. The number of carbonyl (C=O) groups is 1. The summed E-state index contributed by atoms with van der Waals surface area (Å²) >= 11 is 0. The molecular weight excluding hydrogens is 334 g/mol. The molecule has 7 nitrogen and oxygen atoms in total. The molecule has 0 saturated heterocycles. The molecule has 7 heteroatoms. The molecule has 0 spiro atoms. The van der Waals surface area contributed by atoms with Crippen LogP contribution in [0.25, 0.3) is 0 Å². The third kappa shape index (κ3) is 3.94. The van der Waals surface area contributed by atoms with Gasteiger partial charge in [-0.1, -0.05) is 6.07 Å². The van der Waals surface area contributed by atoms with E-state index < -0.39 is 0 Å². The highest BCUT2D eigenvalue weighted by Gasteiger charge is 2.20. The molecule has 0 atom stereocenters. The number of aromatic nitrogens is 2. The number of benzene rings is 1. The number of hydrogen-bond acceptors (Lipinski definition) is 5. The molecule has 1 amide bonds. The number of ether oxygens (including phenoxy) is 1. The molecule has 0 fully saturated rings. The minimum Gasteiger partial charge on any atom is -0.491 e. The minimum absolute atomic E-state index is 0.0286. The third-order valence-electron chi connectivity index (χ3n) is 4.68. The fourth-order valence-electron chi connectivity index (χ4n) is 3.27. The van der Waals surface area contributed by atoms with Gasteiger partial charge in [0, 0.05) is 29.9 Å². The smallest absolute Gasteiger partial charge is 0.345 e. The summed E-state index contributed by atoms with van der Waals surface area (Å²) in [6.07, 6.45) is 0.867. The highest BCUT2D eigenvalue weighted by molar-refractivity contribution is 5.76. The van der Waals surface area contributed by atoms with Gasteiger partial charge in [0.2, 0.25) is 5.91 Å². The molecule has 3 rings (SSSR count). The van der Waals surface area contributed by atoms with Crippen LogP contribution in [0.2, 0.25) is 0 Å². The maximum Gasteiger partial charge on any atom is 0.345 e. The first-order chi connectivity index (χ1) is 12.5. The van der Waals surface area contributed by atoms with Gasteiger partial charge < -0.3 is 19.7 Å². The zero-order valence-electron chi connectivity index (χ0n) is 15.0. The van der Waals surface area contributed by atoms with E-state index in [2.05, 4.69) is 9.97 Å². The predicted octanol–water partition coefficient (Wildman–Crippen LogP) is 1.23. The number of amides is 1. The quantitative estimate of drug-likeness (QED) is 0.858. The van der Waals surface area contributed by atoms with Crippen LogP contribution in [-0.4, -0.2) is 39.0 Å². The summed E-state index contributed by atoms with van der Waals surface area (Å²) in [5.41, 5.74) is 3.67. The van der Waals surface area contributed by atoms with E-state index in [-0.39, 0.29) is 18.2 Å². The average molecular weight is 357 g/mol. The molecule has 2 N–H and O–H groups in total. The lowest BCUT2D eigenvalue weighted by molar-refractivity contribution is -0.131. The van der Waals surface area contributed by atoms with Crippen LogP contribution >= 0.6 is 0 Å². The summed E-state index contributed by atoms with van der Waals surface area (Å²) in [7, 11) is 0. The molecule has 0 unspecified atom stereocenters. The number of aryl methyl sites for hydroxylation is 2. The van der Waals surface area contributed by atoms with Gasteiger partial charge in [-0.15, -0.1) is 0 Å². The molecule has 1 aromatic carbocycles. The van der Waals surface area contributed by atoms with Crippen LogP contribution in [0.1, 0.15) is 34.5 Å². The van der Waals surface area contributed by atoms with E-state index in [1.54, 1.807) is 11.8 Å². The molecule has 1 aliphatic rings. The van der Waals surface area contributed by atoms with Crippen molar-refractivity contribution in [2.24, 2.45) is 0 Å². The van der Waals surface area contributed by atoms with Gasteiger partial charge in [0.05, 0.1) is 13.2 Å². The van der Waals surface area contributed by atoms with Crippen molar-refractivity contribution >= 4 is 5.91 Å². The molecule has 2 heterocycles. The Kier molecular flexibility index (Phi) is 5.37. The molecule has 1 aromatic heterocycles. The molecule has 0 saturated carbocycles. The molecule has 2 aromatic rings. The van der Waals surface area contributed by atoms with Gasteiger partial charge >= 0.3 is 5.69 Å². The van der Waals surface area contributed by atoms with Crippen molar-refractivity contribution in [3.63, 3.8) is 0 Å². The van der Waals surface area contributed by atoms with Crippen molar-refractivity contribution in [1.82, 2.24) is 14.9 Å². The van der Waals surface area contributed by atoms with E-state index in [1.165, 1.54) is 0 Å². The SMILES string of the molecule is Cc1nc(=O)[nH]c(C)c1CCC(=O)N1CCOc2ccc(CO)cc2C1. The number of nitrogens with one attached hydrogen (secondary N) is 1. The monoisotopic (exact) mass is 357 g/mol. The van der Waals surface area contributed by atoms with E-state index in [4.69, 9.17) is 4.74 Å². The van der Waals surface area contributed by atoms with E-state index in [0.29, 0.717) is 38.2 Å². The lowest BCUT2D eigenvalue weighted by Gasteiger charge is -2.20. The first kappa shape index (κ1) is 18.1. The Labute approximate surface area is 151 Å². The van der Waals surface area contributed by atoms with E-state index in [0.717, 1.165) is 28.1 Å². The second-order valence-electron chi connectivity index (χ2n) is 6.49. The topological polar surface area (TPSA) is 95.5 Å². The molecule has 138 valence electrons. The third-order valence-corrected chi connectivity index (χ3v) is 4.68. The molecule has 0 bridgehead atoms. The maximum atomic E-state index is 12.7. The van der Waals surface area contributed by atoms with Crippen LogP contribution < -0.4 is 10.4 Å². The van der Waals surface area contributed by atoms with Crippen LogP contribution in [-0.2, 0) is 24.4 Å². The van der Waals surface area contributed by atoms with E-state index in [1.807, 2.05) is 25.1 Å². The predicted molar refractivity (Wildman–Crippen MR) is 95.9 cm³/mol. The average Bonchev–Trinajstić information content (AvgIpc) is 2.82. The molecular formula is C19H23N3O4. The van der Waals surface area contributed by atoms with Gasteiger partial charge in [0.1, 0.15) is 12.4 Å². The van der Waals surface area contributed by atoms with Gasteiger partial charge in [0.25, 0.3) is 0 Å². The number of aliphatic hydroxyl groups is 1. The lowest BCUT2D eigenvalue weighted by Crippen LogP contribution is -2.32. The lowest BCUT2D eigenvalue weighted by atomic mass is 10.1. The van der Waals surface area contributed by atoms with Gasteiger partial charge in [-0.05, 0) is 43.5 Å². The molecule has 1 aliphatic heterocycles. The first-order valence-corrected chi connectivity index (χ1v) is 8.67. The van der Waals surface area contributed by atoms with Crippen molar-refractivity contribution in [3.8, 4) is 5.75 Å². The summed E-state index contributed by atoms with van der Waals surface area (Å²) in [6, 6.07) is 5.54. The van der Waals surface area contributed by atoms with E-state index in [9.17, 15) is 14.7 Å². The standard InChI is InChI=1S/C19H23N3O4/c1-12-16(13(2)21-19(25)20-12)4-6-18(24)22-7-8-26-17-5-3-14(11-23)9-15(17)10-22/h3,5,9,23H,4,6-8,10-11H2,1-2H3,(H,20,21,25). The molecule has 0 radical (unpaired) electrons. The van der Waals surface area contributed by atoms with Crippen LogP contribution in [0.5, 0.6) is 5.75 Å². The Balaban J connectivity index is 1.71. The summed E-state index contributed by atoms with van der Waals surface area (Å²) in [5, 5.41) is 9.31. The zero-order chi connectivity index (χ0) is 18.7. The Morgan fingerprint density at radius 3 is 2.92 bits per heavy atom. The van der Waals surface area contributed by atoms with Crippen molar-refractivity contribution in [2.75, 3.05) is 13.2 Å². The number of H-pyrrole nitrogens is 1. The maximum absolute atomic E-state index is 12.7. The summed E-state index contributed by atoms with van der Waals surface area (Å²) in [5.74, 6) is 0.787. The highest BCUT2D eigenvalue weighted by Crippen LogP contribution is 2.25. The van der Waals surface area contributed by atoms with Gasteiger partial charge in [-0.3, -0.25) is 4.79 Å². The van der Waals surface area contributed by atoms with Crippen LogP contribution in [0, 0.1) is 13.8 Å². The molecule has 0 aliphatic carbocycles. The fourth-order valence-corrected chi connectivity index (χ4v) is 3.27. The zero-order valence-corrected chi connectivity index (χ0v) is 15.0. The van der Waals surface area contributed by atoms with Crippen LogP contribution in [0.15, 0.2) is 23.0 Å². The Morgan fingerprint density at radius 2 is 2.19 bits per heavy atom. The van der Waals surface area contributed by atoms with Crippen LogP contribution in [0.4, 0.5) is 0 Å². The van der Waals surface area contributed by atoms with Crippen LogP contribution in [0.3, 0.4) is 0 Å². The number of aliphatic hydroxyl groups excluding tert-OH is 1. The van der Waals surface area contributed by atoms with Crippen molar-refractivity contribution < 1.29 is 14.6 Å². The van der Waals surface area contributed by atoms with E-state index >= 15 is 0 Å². The largest absolute Gasteiger partial charge is 0.491 e. The highest BCUT2D eigenvalue weighted by atomic mass is 16.5. The molecule has 26 heavy (non-hydrogen) atoms. The number of carbonyl (C=O) groups excluding carboxylic acids is 1. The normalized spacial score (nSPS) is 13.7. The van der Waals surface area contributed by atoms with Gasteiger partial charge in [0.15, 0.2) is 0 Å². The second kappa shape index (κ2) is 7.70. The Hall–Kier alpha value is -2.67. The van der Waals surface area contributed by atoms with Crippen molar-refractivity contribution in [1.29, 1.82) is 0 Å². The van der Waals surface area contributed by atoms with Crippen molar-refractivity contribution in [3.05, 3.63) is 56.8 Å². The number of rotatable bonds is 4. The number of aromatic amines is 1. The first-order valence-electron chi connectivity index (χ1n) is 8.67. The Bertz CT molecular complexity index is 849. The number of hydrogen-bond donors (Lipinski definition) is 2. The number of nitrogens with zero attached hydrogens (tertiary/aromatic N) is 2. The second-order valence-corrected chi connectivity index (χ2v) is 6.49.